The Bertz CT molecular complexity index is 2180. The molecule has 23 unspecified atom stereocenters. The fourth-order valence-electron chi connectivity index (χ4n) is 15.6. The van der Waals surface area contributed by atoms with Crippen molar-refractivity contribution in [1.82, 2.24) is 0 Å². The van der Waals surface area contributed by atoms with Gasteiger partial charge in [-0.2, -0.15) is 0 Å². The molecule has 5 aliphatic heterocycles. The Hall–Kier alpha value is -2.41. The number of hydrogen-bond acceptors (Lipinski definition) is 24. The van der Waals surface area contributed by atoms with Crippen LogP contribution in [0.1, 0.15) is 107 Å². The number of allylic oxidation sites excluding steroid dienone is 1. The van der Waals surface area contributed by atoms with Gasteiger partial charge < -0.3 is 102 Å². The van der Waals surface area contributed by atoms with Crippen LogP contribution >= 0.6 is 0 Å². The van der Waals surface area contributed by atoms with Gasteiger partial charge in [-0.3, -0.25) is 9.59 Å². The van der Waals surface area contributed by atoms with Crippen molar-refractivity contribution in [2.45, 2.75) is 253 Å². The van der Waals surface area contributed by atoms with E-state index in [4.69, 9.17) is 61.6 Å². The maximum atomic E-state index is 13.8. The highest BCUT2D eigenvalue weighted by Crippen LogP contribution is 2.81. The summed E-state index contributed by atoms with van der Waals surface area (Å²) in [5, 5.41) is 85.1. The van der Waals surface area contributed by atoms with Crippen molar-refractivity contribution in [3.8, 4) is 0 Å². The number of carbonyl (C=O) groups is 3. The highest BCUT2D eigenvalue weighted by Gasteiger charge is 2.91. The molecule has 5 heterocycles. The van der Waals surface area contributed by atoms with Crippen LogP contribution in [0.4, 0.5) is 0 Å². The Morgan fingerprint density at radius 2 is 1.26 bits per heavy atom. The lowest BCUT2D eigenvalue weighted by Crippen LogP contribution is -2.70. The summed E-state index contributed by atoms with van der Waals surface area (Å²) in [6, 6.07) is 0. The highest BCUT2D eigenvalue weighted by atomic mass is 16.8. The van der Waals surface area contributed by atoms with Gasteiger partial charge in [0.15, 0.2) is 25.2 Å². The molecule has 8 N–H and O–H groups in total. The van der Waals surface area contributed by atoms with E-state index in [2.05, 4.69) is 6.92 Å². The van der Waals surface area contributed by atoms with Crippen LogP contribution in [0.5, 0.6) is 0 Å². The summed E-state index contributed by atoms with van der Waals surface area (Å²) >= 11 is 0. The van der Waals surface area contributed by atoms with Crippen molar-refractivity contribution in [2.75, 3.05) is 27.4 Å². The van der Waals surface area contributed by atoms with Crippen molar-refractivity contribution in [3.63, 3.8) is 0 Å². The molecule has 9 fully saturated rings. The fourth-order valence-corrected chi connectivity index (χ4v) is 15.6. The van der Waals surface area contributed by atoms with Gasteiger partial charge in [-0.1, -0.05) is 19.9 Å². The molecule has 0 aromatic carbocycles. The van der Waals surface area contributed by atoms with Crippen LogP contribution in [0.25, 0.3) is 0 Å². The molecule has 4 saturated carbocycles. The molecule has 24 nitrogen and oxygen atoms in total. The minimum atomic E-state index is -1.86. The van der Waals surface area contributed by atoms with Crippen molar-refractivity contribution in [3.05, 3.63) is 11.6 Å². The number of carbonyl (C=O) groups excluding carboxylic acids is 3. The summed E-state index contributed by atoms with van der Waals surface area (Å²) in [4.78, 5) is 40.2. The highest BCUT2D eigenvalue weighted by molar-refractivity contribution is 5.88. The number of hydrogen-bond donors (Lipinski definition) is 8. The average Bonchev–Trinajstić information content (AvgIpc) is 2.57. The maximum Gasteiger partial charge on any atom is 0.333 e. The minimum absolute atomic E-state index is 0.00958. The molecule has 29 atom stereocenters. The van der Waals surface area contributed by atoms with Crippen molar-refractivity contribution in [1.29, 1.82) is 0 Å². The molecule has 9 rings (SSSR count). The lowest BCUT2D eigenvalue weighted by molar-refractivity contribution is -0.384. The first-order chi connectivity index (χ1) is 36.9. The summed E-state index contributed by atoms with van der Waals surface area (Å²) in [6.07, 6.45) is -20.8. The molecule has 5 saturated heterocycles. The van der Waals surface area contributed by atoms with Gasteiger partial charge in [0, 0.05) is 50.4 Å². The van der Waals surface area contributed by atoms with E-state index in [1.807, 2.05) is 6.92 Å². The lowest BCUT2D eigenvalue weighted by Gasteiger charge is -2.61. The first-order valence-corrected chi connectivity index (χ1v) is 27.7. The van der Waals surface area contributed by atoms with Gasteiger partial charge in [0.05, 0.1) is 37.6 Å². The van der Waals surface area contributed by atoms with Gasteiger partial charge in [0.25, 0.3) is 0 Å². The predicted molar refractivity (Wildman–Crippen MR) is 263 cm³/mol. The third kappa shape index (κ3) is 9.93. The second-order valence-corrected chi connectivity index (χ2v) is 23.8. The van der Waals surface area contributed by atoms with Gasteiger partial charge in [-0.25, -0.2) is 4.79 Å². The Labute approximate surface area is 454 Å². The van der Waals surface area contributed by atoms with Crippen LogP contribution in [-0.2, 0) is 76.0 Å². The van der Waals surface area contributed by atoms with E-state index in [0.29, 0.717) is 44.1 Å². The van der Waals surface area contributed by atoms with Crippen LogP contribution in [0.3, 0.4) is 0 Å². The number of aliphatic hydroxyl groups excluding tert-OH is 8. The van der Waals surface area contributed by atoms with Gasteiger partial charge in [0.1, 0.15) is 102 Å². The lowest BCUT2D eigenvalue weighted by atomic mass is 9.43. The number of ether oxygens (including phenoxy) is 13. The van der Waals surface area contributed by atoms with Crippen molar-refractivity contribution < 1.29 is 117 Å². The molecule has 24 heteroatoms. The van der Waals surface area contributed by atoms with Crippen molar-refractivity contribution in [2.24, 2.45) is 28.6 Å². The van der Waals surface area contributed by atoms with E-state index in [1.54, 1.807) is 47.8 Å². The number of methoxy groups -OCH3 is 2. The molecule has 0 amide bonds. The Balaban J connectivity index is 0.835. The number of aliphatic hydroxyl groups is 8. The standard InChI is InChI=1S/C54H84O24/c1-11-22(2)47(65)74-44-45-51(7)15-13-28(18-27(51)12-16-53(45)54(78-53)17-14-29(23(3)57)52(54,8)46(44)70-26(6)58)71-33-19-30(66-9)40(24(4)68-33)75-50-39(64)43(67-10)41(25(5)69-50)76-49-38(63)36(61)42(32(21-56)73-49)77-48-37(62)35(60)34(59)31(20-55)72-48/h11,24-25,27-46,48-50,55-56,59-64H,12-21H2,1-10H3/b22-11+/t24?,25?,27?,28-,29-,30?,31?,32?,33?,34?,35?,36?,37?,38?,39?,40?,41?,42?,43?,44-,45?,46+,48?,49?,50?,51-,52-,53?,54?/m0/s1. The molecule has 0 aromatic heterocycles. The first kappa shape index (κ1) is 60.2. The monoisotopic (exact) mass is 1120 g/mol. The molecule has 0 bridgehead atoms. The predicted octanol–water partition coefficient (Wildman–Crippen LogP) is -0.410. The molecule has 4 aliphatic carbocycles. The fraction of sp³-hybridized carbons (Fsp3) is 0.907. The second-order valence-electron chi connectivity index (χ2n) is 23.8. The SMILES string of the molecule is C/C=C(\C)C(=O)O[C@H]1C2C3(CCC4C[C@@H](OC5CC(OC)C(OC6OC(C)C(OC7OC(CO)C(OC8OC(CO)C(O)C(O)C8O)C(O)C7O)C(OC)C6O)C(C)O5)CC[C@@]42C)OC32CC[C@@H](C(C)=O)[C@@]2(C)[C@@H]1OC(C)=O. The van der Waals surface area contributed by atoms with Crippen molar-refractivity contribution >= 4 is 17.7 Å². The normalized spacial score (nSPS) is 52.0. The molecular weight excluding hydrogens is 1030 g/mol. The molecule has 0 aromatic rings. The van der Waals surface area contributed by atoms with Crippen LogP contribution in [0.15, 0.2) is 11.6 Å². The van der Waals surface area contributed by atoms with E-state index in [0.717, 1.165) is 6.42 Å². The van der Waals surface area contributed by atoms with Crippen LogP contribution in [0.2, 0.25) is 0 Å². The Morgan fingerprint density at radius 3 is 1.88 bits per heavy atom. The number of Topliss-reactive ketones (excluding diaryl/α,β-unsaturated/α-hetero) is 1. The summed E-state index contributed by atoms with van der Waals surface area (Å²) in [5.41, 5.74) is -2.35. The van der Waals surface area contributed by atoms with E-state index >= 15 is 0 Å². The zero-order chi connectivity index (χ0) is 56.7. The summed E-state index contributed by atoms with van der Waals surface area (Å²) in [5.74, 6) is -1.73. The minimum Gasteiger partial charge on any atom is -0.458 e. The molecular formula is C54H84O24. The van der Waals surface area contributed by atoms with Gasteiger partial charge >= 0.3 is 11.9 Å². The Kier molecular flexibility index (Phi) is 17.7. The van der Waals surface area contributed by atoms with Gasteiger partial charge in [-0.05, 0) is 90.9 Å². The van der Waals surface area contributed by atoms with E-state index in [-0.39, 0.29) is 30.1 Å². The smallest absolute Gasteiger partial charge is 0.333 e. The largest absolute Gasteiger partial charge is 0.458 e. The van der Waals surface area contributed by atoms with Crippen LogP contribution < -0.4 is 0 Å². The first-order valence-electron chi connectivity index (χ1n) is 27.7. The Morgan fingerprint density at radius 1 is 0.628 bits per heavy atom. The van der Waals surface area contributed by atoms with E-state index in [9.17, 15) is 55.2 Å². The van der Waals surface area contributed by atoms with Gasteiger partial charge in [-0.15, -0.1) is 0 Å². The zero-order valence-corrected chi connectivity index (χ0v) is 46.2. The number of ketones is 1. The van der Waals surface area contributed by atoms with Crippen LogP contribution in [-0.4, -0.2) is 232 Å². The third-order valence-electron chi connectivity index (χ3n) is 19.8. The summed E-state index contributed by atoms with van der Waals surface area (Å²) in [6.45, 7) is 12.5. The van der Waals surface area contributed by atoms with E-state index < -0.39 is 182 Å². The number of fused-ring (bicyclic) bond motifs is 2. The maximum absolute atomic E-state index is 13.8. The van der Waals surface area contributed by atoms with Crippen LogP contribution in [0, 0.1) is 28.6 Å². The van der Waals surface area contributed by atoms with Gasteiger partial charge in [0.2, 0.25) is 0 Å². The zero-order valence-electron chi connectivity index (χ0n) is 46.2. The average molecular weight is 1120 g/mol. The summed E-state index contributed by atoms with van der Waals surface area (Å²) in [7, 11) is 2.87. The topological polar surface area (TPSA) is 336 Å². The number of esters is 2. The summed E-state index contributed by atoms with van der Waals surface area (Å²) < 4.78 is 80.7. The molecule has 9 aliphatic rings. The molecule has 78 heavy (non-hydrogen) atoms. The molecule has 444 valence electrons. The number of rotatable bonds is 16. The second kappa shape index (κ2) is 23.0. The third-order valence-corrected chi connectivity index (χ3v) is 19.8. The molecule has 2 spiro atoms. The number of epoxide rings is 1. The quantitative estimate of drug-likeness (QED) is 0.0421. The molecule has 0 radical (unpaired) electrons. The van der Waals surface area contributed by atoms with E-state index in [1.165, 1.54) is 14.0 Å².